The van der Waals surface area contributed by atoms with Crippen LogP contribution in [0.2, 0.25) is 10.0 Å². The number of esters is 1. The third-order valence-electron chi connectivity index (χ3n) is 8.28. The summed E-state index contributed by atoms with van der Waals surface area (Å²) in [4.78, 5) is 17.6. The second-order valence-corrected chi connectivity index (χ2v) is 11.0. The maximum absolute atomic E-state index is 12.9. The summed E-state index contributed by atoms with van der Waals surface area (Å²) in [7, 11) is 0. The quantitative estimate of drug-likeness (QED) is 0.433. The van der Waals surface area contributed by atoms with Gasteiger partial charge in [-0.05, 0) is 62.6 Å². The zero-order valence-electron chi connectivity index (χ0n) is 18.5. The highest BCUT2D eigenvalue weighted by Crippen LogP contribution is 2.55. The Morgan fingerprint density at radius 3 is 2.68 bits per heavy atom. The summed E-state index contributed by atoms with van der Waals surface area (Å²) in [5.41, 5.74) is 4.55. The molecule has 168 valence electrons. The molecule has 1 aromatic carbocycles. The maximum Gasteiger partial charge on any atom is 0.310 e. The Morgan fingerprint density at radius 1 is 1.16 bits per heavy atom. The lowest BCUT2D eigenvalue weighted by Crippen LogP contribution is -2.49. The summed E-state index contributed by atoms with van der Waals surface area (Å²) in [6.07, 6.45) is 5.89. The van der Waals surface area contributed by atoms with E-state index in [0.717, 1.165) is 51.3 Å². The molecular weight excluding hydrogens is 431 g/mol. The number of hydrogen-bond donors (Lipinski definition) is 0. The van der Waals surface area contributed by atoms with Gasteiger partial charge < -0.3 is 9.64 Å². The SMILES string of the molecule is CC1=C2C[C@H]3[C@@H](C[C@@]2(C)CCC1)OC(=O)[C@@H]3CN1CCN(c2ccc(Cl)c(Cl)c2)CC1. The number of anilines is 1. The molecule has 5 rings (SSSR count). The zero-order chi connectivity index (χ0) is 21.8. The van der Waals surface area contributed by atoms with Crippen LogP contribution in [0.5, 0.6) is 0 Å². The normalized spacial score (nSPS) is 33.9. The van der Waals surface area contributed by atoms with Crippen molar-refractivity contribution in [2.75, 3.05) is 37.6 Å². The molecule has 0 amide bonds. The van der Waals surface area contributed by atoms with Crippen LogP contribution in [-0.4, -0.2) is 49.7 Å². The van der Waals surface area contributed by atoms with Crippen molar-refractivity contribution in [1.29, 1.82) is 0 Å². The number of carbonyl (C=O) groups excluding carboxylic acids is 1. The molecule has 0 radical (unpaired) electrons. The fourth-order valence-corrected chi connectivity index (χ4v) is 6.76. The summed E-state index contributed by atoms with van der Waals surface area (Å²) < 4.78 is 5.96. The van der Waals surface area contributed by atoms with Crippen LogP contribution in [-0.2, 0) is 9.53 Å². The average molecular weight is 463 g/mol. The first-order valence-corrected chi connectivity index (χ1v) is 12.4. The van der Waals surface area contributed by atoms with E-state index in [1.165, 1.54) is 19.3 Å². The smallest absolute Gasteiger partial charge is 0.310 e. The second kappa shape index (κ2) is 8.28. The molecule has 3 fully saturated rings. The van der Waals surface area contributed by atoms with Crippen molar-refractivity contribution in [3.63, 3.8) is 0 Å². The highest BCUT2D eigenvalue weighted by molar-refractivity contribution is 6.42. The van der Waals surface area contributed by atoms with Crippen LogP contribution in [0.4, 0.5) is 5.69 Å². The predicted molar refractivity (Wildman–Crippen MR) is 126 cm³/mol. The summed E-state index contributed by atoms with van der Waals surface area (Å²) in [5, 5.41) is 1.18. The van der Waals surface area contributed by atoms with Gasteiger partial charge in [0.1, 0.15) is 6.10 Å². The Bertz CT molecular complexity index is 909. The van der Waals surface area contributed by atoms with E-state index in [0.29, 0.717) is 16.0 Å². The minimum absolute atomic E-state index is 0.00769. The van der Waals surface area contributed by atoms with E-state index in [1.807, 2.05) is 18.2 Å². The van der Waals surface area contributed by atoms with E-state index < -0.39 is 0 Å². The van der Waals surface area contributed by atoms with E-state index in [1.54, 1.807) is 11.1 Å². The van der Waals surface area contributed by atoms with Gasteiger partial charge in [0.25, 0.3) is 0 Å². The van der Waals surface area contributed by atoms with Gasteiger partial charge in [-0.15, -0.1) is 0 Å². The highest BCUT2D eigenvalue weighted by Gasteiger charge is 2.53. The van der Waals surface area contributed by atoms with Crippen LogP contribution in [0, 0.1) is 17.3 Å². The zero-order valence-corrected chi connectivity index (χ0v) is 20.0. The summed E-state index contributed by atoms with van der Waals surface area (Å²) in [6, 6.07) is 5.83. The van der Waals surface area contributed by atoms with Gasteiger partial charge in [-0.25, -0.2) is 0 Å². The standard InChI is InChI=1S/C25H32Cl2N2O2/c1-16-4-3-7-25(2)14-23-18(13-20(16)25)19(24(30)31-23)15-28-8-10-29(11-9-28)17-5-6-21(26)22(27)12-17/h5-6,12,18-19,23H,3-4,7-11,13-15H2,1-2H3/t18-,19-,23-,25-/m1/s1. The molecule has 1 aromatic rings. The average Bonchev–Trinajstić information content (AvgIpc) is 3.03. The van der Waals surface area contributed by atoms with Crippen molar-refractivity contribution < 1.29 is 9.53 Å². The monoisotopic (exact) mass is 462 g/mol. The number of nitrogens with zero attached hydrogens (tertiary/aromatic N) is 2. The third-order valence-corrected chi connectivity index (χ3v) is 9.01. The molecule has 0 aromatic heterocycles. The fraction of sp³-hybridized carbons (Fsp3) is 0.640. The molecule has 0 bridgehead atoms. The molecule has 2 aliphatic heterocycles. The first kappa shape index (κ1) is 21.6. The van der Waals surface area contributed by atoms with Crippen molar-refractivity contribution in [2.45, 2.75) is 52.1 Å². The van der Waals surface area contributed by atoms with Crippen molar-refractivity contribution >= 4 is 34.9 Å². The van der Waals surface area contributed by atoms with Gasteiger partial charge in [-0.1, -0.05) is 41.3 Å². The Kier molecular flexibility index (Phi) is 5.77. The van der Waals surface area contributed by atoms with Crippen LogP contribution in [0.1, 0.15) is 46.0 Å². The molecule has 4 nitrogen and oxygen atoms in total. The van der Waals surface area contributed by atoms with Crippen LogP contribution in [0.15, 0.2) is 29.3 Å². The molecule has 0 unspecified atom stereocenters. The minimum Gasteiger partial charge on any atom is -0.462 e. The second-order valence-electron chi connectivity index (χ2n) is 10.2. The van der Waals surface area contributed by atoms with Gasteiger partial charge in [-0.2, -0.15) is 0 Å². The maximum atomic E-state index is 12.9. The van der Waals surface area contributed by atoms with Gasteiger partial charge in [0.2, 0.25) is 0 Å². The predicted octanol–water partition coefficient (Wildman–Crippen LogP) is 5.57. The number of halogens is 2. The lowest BCUT2D eigenvalue weighted by molar-refractivity contribution is -0.145. The van der Waals surface area contributed by atoms with Gasteiger partial charge in [0, 0.05) is 44.3 Å². The van der Waals surface area contributed by atoms with E-state index in [4.69, 9.17) is 27.9 Å². The van der Waals surface area contributed by atoms with Gasteiger partial charge in [-0.3, -0.25) is 9.69 Å². The molecule has 6 heteroatoms. The number of allylic oxidation sites excluding steroid dienone is 2. The molecule has 0 N–H and O–H groups in total. The van der Waals surface area contributed by atoms with Crippen molar-refractivity contribution in [1.82, 2.24) is 4.90 Å². The number of benzene rings is 1. The minimum atomic E-state index is 0.00769. The summed E-state index contributed by atoms with van der Waals surface area (Å²) in [6.45, 7) is 9.26. The van der Waals surface area contributed by atoms with Gasteiger partial charge in [0.05, 0.1) is 16.0 Å². The molecule has 1 saturated carbocycles. The number of fused-ring (bicyclic) bond motifs is 2. The molecule has 31 heavy (non-hydrogen) atoms. The molecule has 2 aliphatic carbocycles. The summed E-state index contributed by atoms with van der Waals surface area (Å²) in [5.74, 6) is 0.382. The van der Waals surface area contributed by atoms with Gasteiger partial charge in [0.15, 0.2) is 0 Å². The Morgan fingerprint density at radius 2 is 1.94 bits per heavy atom. The number of carbonyl (C=O) groups is 1. The van der Waals surface area contributed by atoms with Crippen molar-refractivity contribution in [2.24, 2.45) is 17.3 Å². The molecular formula is C25H32Cl2N2O2. The number of piperazine rings is 1. The van der Waals surface area contributed by atoms with E-state index in [-0.39, 0.29) is 23.4 Å². The van der Waals surface area contributed by atoms with Crippen LogP contribution >= 0.6 is 23.2 Å². The van der Waals surface area contributed by atoms with E-state index in [2.05, 4.69) is 23.6 Å². The first-order chi connectivity index (χ1) is 14.8. The van der Waals surface area contributed by atoms with Gasteiger partial charge >= 0.3 is 5.97 Å². The van der Waals surface area contributed by atoms with Crippen molar-refractivity contribution in [3.8, 4) is 0 Å². The molecule has 2 saturated heterocycles. The Hall–Kier alpha value is -1.23. The van der Waals surface area contributed by atoms with E-state index in [9.17, 15) is 4.79 Å². The lowest BCUT2D eigenvalue weighted by Gasteiger charge is -2.46. The van der Waals surface area contributed by atoms with Crippen LogP contribution in [0.3, 0.4) is 0 Å². The molecule has 0 spiro atoms. The number of rotatable bonds is 3. The lowest BCUT2D eigenvalue weighted by atomic mass is 9.59. The molecule has 2 heterocycles. The largest absolute Gasteiger partial charge is 0.462 e. The summed E-state index contributed by atoms with van der Waals surface area (Å²) >= 11 is 12.3. The fourth-order valence-electron chi connectivity index (χ4n) is 6.47. The Labute approximate surface area is 195 Å². The number of hydrogen-bond acceptors (Lipinski definition) is 4. The first-order valence-electron chi connectivity index (χ1n) is 11.7. The van der Waals surface area contributed by atoms with Crippen LogP contribution < -0.4 is 4.90 Å². The number of ether oxygens (including phenoxy) is 1. The van der Waals surface area contributed by atoms with Crippen LogP contribution in [0.25, 0.3) is 0 Å². The molecule has 4 aliphatic rings. The Balaban J connectivity index is 1.24. The third kappa shape index (κ3) is 4.00. The highest BCUT2D eigenvalue weighted by atomic mass is 35.5. The topological polar surface area (TPSA) is 32.8 Å². The van der Waals surface area contributed by atoms with E-state index >= 15 is 0 Å². The van der Waals surface area contributed by atoms with Crippen molar-refractivity contribution in [3.05, 3.63) is 39.4 Å². The molecule has 4 atom stereocenters.